The number of hydrogen-bond donors (Lipinski definition) is 1. The number of Topliss-reactive ketones (excluding diaryl/α,β-unsaturated/α-hetero) is 1. The van der Waals surface area contributed by atoms with Crippen molar-refractivity contribution in [2.24, 2.45) is 11.1 Å². The molecule has 0 bridgehead atoms. The van der Waals surface area contributed by atoms with Gasteiger partial charge in [0.25, 0.3) is 0 Å². The Morgan fingerprint density at radius 1 is 1.33 bits per heavy atom. The van der Waals surface area contributed by atoms with Gasteiger partial charge in [-0.25, -0.2) is 0 Å². The molecule has 2 atom stereocenters. The van der Waals surface area contributed by atoms with Crippen LogP contribution in [0, 0.1) is 5.92 Å². The van der Waals surface area contributed by atoms with Gasteiger partial charge in [-0.3, -0.25) is 9.59 Å². The van der Waals surface area contributed by atoms with Crippen LogP contribution in [0.2, 0.25) is 0 Å². The molecular formula is C18H19NO5. The maximum Gasteiger partial charge on any atom is 0.322 e. The van der Waals surface area contributed by atoms with Gasteiger partial charge < -0.3 is 14.7 Å². The molecule has 0 fully saturated rings. The van der Waals surface area contributed by atoms with Gasteiger partial charge in [-0.1, -0.05) is 30.3 Å². The zero-order valence-electron chi connectivity index (χ0n) is 13.6. The molecule has 1 heterocycles. The molecule has 2 aliphatic rings. The van der Waals surface area contributed by atoms with E-state index in [1.165, 1.54) is 0 Å². The summed E-state index contributed by atoms with van der Waals surface area (Å²) in [6, 6.07) is 7.10. The summed E-state index contributed by atoms with van der Waals surface area (Å²) in [5.41, 5.74) is 1.20. The van der Waals surface area contributed by atoms with Gasteiger partial charge in [-0.15, -0.1) is 0 Å². The van der Waals surface area contributed by atoms with Crippen molar-refractivity contribution in [3.05, 3.63) is 41.2 Å². The summed E-state index contributed by atoms with van der Waals surface area (Å²) < 4.78 is 5.33. The van der Waals surface area contributed by atoms with Crippen LogP contribution in [0.25, 0.3) is 0 Å². The molecule has 1 aliphatic carbocycles. The van der Waals surface area contributed by atoms with Gasteiger partial charge in [0.05, 0.1) is 11.3 Å². The number of hydrogen-bond acceptors (Lipinski definition) is 6. The Hall–Kier alpha value is -2.63. The van der Waals surface area contributed by atoms with Gasteiger partial charge in [-0.2, -0.15) is 0 Å². The molecule has 0 saturated carbocycles. The quantitative estimate of drug-likeness (QED) is 0.397. The van der Waals surface area contributed by atoms with Crippen LogP contribution < -0.4 is 4.74 Å². The summed E-state index contributed by atoms with van der Waals surface area (Å²) in [7, 11) is 0. The number of para-hydroxylation sites is 1. The minimum absolute atomic E-state index is 0.0866. The van der Waals surface area contributed by atoms with Crippen molar-refractivity contribution in [2.75, 3.05) is 6.61 Å². The molecule has 0 amide bonds. The lowest BCUT2D eigenvalue weighted by atomic mass is 9.72. The van der Waals surface area contributed by atoms with Crippen LogP contribution in [0.3, 0.4) is 0 Å². The zero-order valence-corrected chi connectivity index (χ0v) is 13.6. The van der Waals surface area contributed by atoms with E-state index in [1.807, 2.05) is 19.1 Å². The van der Waals surface area contributed by atoms with Gasteiger partial charge in [0.2, 0.25) is 0 Å². The molecule has 6 heteroatoms. The number of oxime groups is 1. The van der Waals surface area contributed by atoms with E-state index in [9.17, 15) is 14.7 Å². The van der Waals surface area contributed by atoms with Crippen LogP contribution in [0.1, 0.15) is 38.2 Å². The summed E-state index contributed by atoms with van der Waals surface area (Å²) in [4.78, 5) is 30.0. The second-order valence-electron chi connectivity index (χ2n) is 5.74. The number of aliphatic hydroxyl groups excluding tert-OH is 1. The number of carbonyl (C=O) groups is 2. The maximum absolute atomic E-state index is 12.6. The van der Waals surface area contributed by atoms with Crippen molar-refractivity contribution in [3.8, 4) is 5.75 Å². The standard InChI is InChI=1S/C18H19NO5/c1-3-12(19-23-4-2)16-13(20)9-11-10-7-5-6-8-14(10)24-18(22)15(11)17(16)21/h5-8,11,15,21H,3-4,9H2,1-2H3. The highest BCUT2D eigenvalue weighted by molar-refractivity contribution is 6.23. The largest absolute Gasteiger partial charge is 0.511 e. The molecule has 0 aromatic heterocycles. The molecule has 1 N–H and O–H groups in total. The van der Waals surface area contributed by atoms with Crippen LogP contribution in [0.5, 0.6) is 5.75 Å². The number of aliphatic hydroxyl groups is 1. The van der Waals surface area contributed by atoms with Crippen molar-refractivity contribution >= 4 is 17.5 Å². The molecule has 0 saturated heterocycles. The minimum atomic E-state index is -0.883. The van der Waals surface area contributed by atoms with Crippen LogP contribution >= 0.6 is 0 Å². The first kappa shape index (κ1) is 16.2. The number of esters is 1. The van der Waals surface area contributed by atoms with Gasteiger partial charge in [0, 0.05) is 12.3 Å². The second-order valence-corrected chi connectivity index (χ2v) is 5.74. The highest BCUT2D eigenvalue weighted by atomic mass is 16.6. The van der Waals surface area contributed by atoms with Crippen LogP contribution in [0.4, 0.5) is 0 Å². The molecule has 126 valence electrons. The van der Waals surface area contributed by atoms with E-state index in [0.717, 1.165) is 5.56 Å². The van der Waals surface area contributed by atoms with Crippen molar-refractivity contribution in [2.45, 2.75) is 32.6 Å². The average Bonchev–Trinajstić information content (AvgIpc) is 2.57. The number of allylic oxidation sites excluding steroid dienone is 1. The van der Waals surface area contributed by atoms with Gasteiger partial charge in [-0.05, 0) is 25.0 Å². The van der Waals surface area contributed by atoms with Gasteiger partial charge in [0.15, 0.2) is 5.78 Å². The maximum atomic E-state index is 12.6. The third-order valence-electron chi connectivity index (χ3n) is 4.35. The predicted octanol–water partition coefficient (Wildman–Crippen LogP) is 2.89. The lowest BCUT2D eigenvalue weighted by molar-refractivity contribution is -0.141. The molecule has 1 aromatic rings. The van der Waals surface area contributed by atoms with E-state index in [2.05, 4.69) is 5.16 Å². The van der Waals surface area contributed by atoms with E-state index in [1.54, 1.807) is 19.1 Å². The fourth-order valence-electron chi connectivity index (χ4n) is 3.26. The molecule has 1 aromatic carbocycles. The van der Waals surface area contributed by atoms with Crippen molar-refractivity contribution in [1.29, 1.82) is 0 Å². The van der Waals surface area contributed by atoms with Crippen molar-refractivity contribution in [1.82, 2.24) is 0 Å². The lowest BCUT2D eigenvalue weighted by Crippen LogP contribution is -2.39. The first-order valence-electron chi connectivity index (χ1n) is 8.04. The SMILES string of the molecule is CCON=C(CC)C1=C(O)C2C(=O)Oc3ccccc3C2CC1=O. The Morgan fingerprint density at radius 2 is 2.08 bits per heavy atom. The number of ketones is 1. The third kappa shape index (κ3) is 2.58. The first-order chi connectivity index (χ1) is 11.6. The number of carbonyl (C=O) groups excluding carboxylic acids is 2. The van der Waals surface area contributed by atoms with E-state index in [-0.39, 0.29) is 23.5 Å². The molecule has 6 nitrogen and oxygen atoms in total. The van der Waals surface area contributed by atoms with Crippen LogP contribution in [-0.4, -0.2) is 29.2 Å². The Balaban J connectivity index is 2.08. The van der Waals surface area contributed by atoms with E-state index in [4.69, 9.17) is 9.57 Å². The Labute approximate surface area is 139 Å². The van der Waals surface area contributed by atoms with Crippen molar-refractivity contribution in [3.63, 3.8) is 0 Å². The molecule has 1 aliphatic heterocycles. The van der Waals surface area contributed by atoms with Crippen LogP contribution in [-0.2, 0) is 14.4 Å². The molecule has 0 radical (unpaired) electrons. The highest BCUT2D eigenvalue weighted by Crippen LogP contribution is 2.46. The first-order valence-corrected chi connectivity index (χ1v) is 8.04. The number of ether oxygens (including phenoxy) is 1. The molecular weight excluding hydrogens is 310 g/mol. The summed E-state index contributed by atoms with van der Waals surface area (Å²) in [6.07, 6.45) is 0.537. The normalized spacial score (nSPS) is 23.5. The summed E-state index contributed by atoms with van der Waals surface area (Å²) >= 11 is 0. The molecule has 24 heavy (non-hydrogen) atoms. The smallest absolute Gasteiger partial charge is 0.322 e. The topological polar surface area (TPSA) is 85.2 Å². The molecule has 3 rings (SSSR count). The minimum Gasteiger partial charge on any atom is -0.511 e. The number of benzene rings is 1. The number of rotatable bonds is 4. The Kier molecular flexibility index (Phi) is 4.38. The monoisotopic (exact) mass is 329 g/mol. The Bertz CT molecular complexity index is 750. The van der Waals surface area contributed by atoms with Gasteiger partial charge in [0.1, 0.15) is 24.0 Å². The predicted molar refractivity (Wildman–Crippen MR) is 86.9 cm³/mol. The molecule has 0 spiro atoms. The van der Waals surface area contributed by atoms with E-state index in [0.29, 0.717) is 24.5 Å². The number of fused-ring (bicyclic) bond motifs is 3. The zero-order chi connectivity index (χ0) is 17.3. The number of nitrogens with zero attached hydrogens (tertiary/aromatic N) is 1. The lowest BCUT2D eigenvalue weighted by Gasteiger charge is -2.35. The Morgan fingerprint density at radius 3 is 2.79 bits per heavy atom. The summed E-state index contributed by atoms with van der Waals surface area (Å²) in [5.74, 6) is -1.90. The highest BCUT2D eigenvalue weighted by Gasteiger charge is 2.47. The average molecular weight is 329 g/mol. The fourth-order valence-corrected chi connectivity index (χ4v) is 3.26. The fraction of sp³-hybridized carbons (Fsp3) is 0.389. The van der Waals surface area contributed by atoms with Crippen LogP contribution in [0.15, 0.2) is 40.8 Å². The van der Waals surface area contributed by atoms with Gasteiger partial charge >= 0.3 is 5.97 Å². The van der Waals surface area contributed by atoms with E-state index < -0.39 is 17.8 Å². The summed E-state index contributed by atoms with van der Waals surface area (Å²) in [5, 5.41) is 14.6. The van der Waals surface area contributed by atoms with E-state index >= 15 is 0 Å². The summed E-state index contributed by atoms with van der Waals surface area (Å²) in [6.45, 7) is 3.94. The van der Waals surface area contributed by atoms with Crippen molar-refractivity contribution < 1.29 is 24.3 Å². The third-order valence-corrected chi connectivity index (χ3v) is 4.35. The second kappa shape index (κ2) is 6.47. The molecule has 2 unspecified atom stereocenters.